The minimum absolute atomic E-state index is 0. The van der Waals surface area contributed by atoms with Gasteiger partial charge in [-0.05, 0) is 36.6 Å². The summed E-state index contributed by atoms with van der Waals surface area (Å²) < 4.78 is 1.95. The highest BCUT2D eigenvalue weighted by Gasteiger charge is 2.31. The molecular weight excluding hydrogens is 390 g/mol. The van der Waals surface area contributed by atoms with Crippen LogP contribution in [0, 0.1) is 12.8 Å². The van der Waals surface area contributed by atoms with E-state index in [1.165, 1.54) is 0 Å². The molecule has 2 N–H and O–H groups in total. The topological polar surface area (TPSA) is 79.3 Å². The van der Waals surface area contributed by atoms with Crippen molar-refractivity contribution in [1.29, 1.82) is 0 Å². The van der Waals surface area contributed by atoms with Crippen molar-refractivity contribution < 1.29 is 9.59 Å². The molecule has 1 aliphatic rings. The molecule has 1 aromatic heterocycles. The third-order valence-corrected chi connectivity index (χ3v) is 5.00. The average Bonchev–Trinajstić information content (AvgIpc) is 3.08. The molecule has 0 spiro atoms. The predicted molar refractivity (Wildman–Crippen MR) is 116 cm³/mol. The first-order valence-electron chi connectivity index (χ1n) is 9.76. The van der Waals surface area contributed by atoms with Crippen molar-refractivity contribution in [2.24, 2.45) is 13.0 Å². The molecule has 7 nitrogen and oxygen atoms in total. The highest BCUT2D eigenvalue weighted by Crippen LogP contribution is 2.25. The molecule has 1 atom stereocenters. The number of halogens is 1. The van der Waals surface area contributed by atoms with Gasteiger partial charge in [0.05, 0.1) is 0 Å². The third-order valence-electron chi connectivity index (χ3n) is 5.00. The van der Waals surface area contributed by atoms with E-state index < -0.39 is 0 Å². The van der Waals surface area contributed by atoms with Gasteiger partial charge in [0, 0.05) is 56.7 Å². The van der Waals surface area contributed by atoms with Crippen molar-refractivity contribution in [2.45, 2.75) is 33.2 Å². The number of benzene rings is 1. The molecule has 0 aliphatic carbocycles. The number of hydrogen-bond acceptors (Lipinski definition) is 4. The lowest BCUT2D eigenvalue weighted by atomic mass is 10.1. The van der Waals surface area contributed by atoms with Gasteiger partial charge in [-0.2, -0.15) is 0 Å². The summed E-state index contributed by atoms with van der Waals surface area (Å²) in [5.74, 6) is 1.15. The molecule has 158 valence electrons. The number of hydrogen-bond donors (Lipinski definition) is 2. The van der Waals surface area contributed by atoms with Crippen LogP contribution in [-0.2, 0) is 11.8 Å². The Morgan fingerprint density at radius 1 is 1.34 bits per heavy atom. The number of carbonyl (C=O) groups is 2. The summed E-state index contributed by atoms with van der Waals surface area (Å²) in [6.45, 7) is 8.01. The van der Waals surface area contributed by atoms with Gasteiger partial charge in [-0.1, -0.05) is 13.8 Å². The summed E-state index contributed by atoms with van der Waals surface area (Å²) in [6, 6.07) is 5.36. The fourth-order valence-electron chi connectivity index (χ4n) is 3.55. The van der Waals surface area contributed by atoms with Crippen LogP contribution in [0.25, 0.3) is 0 Å². The van der Waals surface area contributed by atoms with E-state index in [2.05, 4.69) is 15.6 Å². The van der Waals surface area contributed by atoms with Crippen molar-refractivity contribution >= 4 is 29.9 Å². The standard InChI is InChI=1S/C21H29N5O2.ClH/c1-14(2)11-19(27)24-17-6-5-16(12-15(17)3)21(28)26-10-7-22-13-18(26)20-23-8-9-25(20)4;/h5-6,8-9,12,14,18,22H,7,10-11,13H2,1-4H3,(H,24,27);1H. The zero-order valence-corrected chi connectivity index (χ0v) is 18.3. The van der Waals surface area contributed by atoms with Gasteiger partial charge in [0.15, 0.2) is 0 Å². The van der Waals surface area contributed by atoms with Crippen LogP contribution in [0.1, 0.15) is 48.1 Å². The number of imidazole rings is 1. The maximum Gasteiger partial charge on any atom is 0.254 e. The van der Waals surface area contributed by atoms with Gasteiger partial charge >= 0.3 is 0 Å². The number of aromatic nitrogens is 2. The van der Waals surface area contributed by atoms with Gasteiger partial charge in [0.25, 0.3) is 5.91 Å². The Hall–Kier alpha value is -2.38. The lowest BCUT2D eigenvalue weighted by Gasteiger charge is -2.36. The van der Waals surface area contributed by atoms with Crippen LogP contribution in [0.15, 0.2) is 30.6 Å². The molecule has 1 unspecified atom stereocenters. The number of aryl methyl sites for hydroxylation is 2. The fraction of sp³-hybridized carbons (Fsp3) is 0.476. The Morgan fingerprint density at radius 3 is 2.72 bits per heavy atom. The molecule has 1 saturated heterocycles. The van der Waals surface area contributed by atoms with Crippen molar-refractivity contribution in [3.05, 3.63) is 47.5 Å². The zero-order chi connectivity index (χ0) is 20.3. The van der Waals surface area contributed by atoms with Crippen LogP contribution in [0.5, 0.6) is 0 Å². The number of piperazine rings is 1. The largest absolute Gasteiger partial charge is 0.336 e. The normalized spacial score (nSPS) is 16.4. The highest BCUT2D eigenvalue weighted by atomic mass is 35.5. The second-order valence-electron chi connectivity index (χ2n) is 7.79. The van der Waals surface area contributed by atoms with Crippen molar-refractivity contribution in [2.75, 3.05) is 25.0 Å². The lowest BCUT2D eigenvalue weighted by Crippen LogP contribution is -2.49. The lowest BCUT2D eigenvalue weighted by molar-refractivity contribution is -0.116. The number of nitrogens with one attached hydrogen (secondary N) is 2. The molecular formula is C21H30ClN5O2. The summed E-state index contributed by atoms with van der Waals surface area (Å²) >= 11 is 0. The van der Waals surface area contributed by atoms with Gasteiger partial charge in [-0.25, -0.2) is 4.98 Å². The first kappa shape index (κ1) is 22.9. The van der Waals surface area contributed by atoms with Gasteiger partial charge in [0.2, 0.25) is 5.91 Å². The minimum Gasteiger partial charge on any atom is -0.336 e. The van der Waals surface area contributed by atoms with Gasteiger partial charge in [0.1, 0.15) is 11.9 Å². The number of anilines is 1. The smallest absolute Gasteiger partial charge is 0.254 e. The Kier molecular flexibility index (Phi) is 7.81. The molecule has 1 aromatic carbocycles. The summed E-state index contributed by atoms with van der Waals surface area (Å²) in [6.07, 6.45) is 4.13. The first-order chi connectivity index (χ1) is 13.4. The molecule has 8 heteroatoms. The Labute approximate surface area is 178 Å². The molecule has 29 heavy (non-hydrogen) atoms. The number of carbonyl (C=O) groups excluding carboxylic acids is 2. The maximum atomic E-state index is 13.2. The molecule has 0 radical (unpaired) electrons. The summed E-state index contributed by atoms with van der Waals surface area (Å²) in [4.78, 5) is 31.6. The van der Waals surface area contributed by atoms with Crippen LogP contribution >= 0.6 is 12.4 Å². The van der Waals surface area contributed by atoms with E-state index in [1.807, 2.05) is 55.6 Å². The highest BCUT2D eigenvalue weighted by molar-refractivity contribution is 5.97. The zero-order valence-electron chi connectivity index (χ0n) is 17.4. The third kappa shape index (κ3) is 5.36. The minimum atomic E-state index is -0.105. The van der Waals surface area contributed by atoms with E-state index in [0.29, 0.717) is 31.0 Å². The van der Waals surface area contributed by atoms with Gasteiger partial charge in [-0.3, -0.25) is 9.59 Å². The quantitative estimate of drug-likeness (QED) is 0.780. The average molecular weight is 420 g/mol. The number of nitrogens with zero attached hydrogens (tertiary/aromatic N) is 3. The SMILES string of the molecule is Cc1cc(C(=O)N2CCNCC2c2nccn2C)ccc1NC(=O)CC(C)C.Cl. The van der Waals surface area contributed by atoms with Crippen molar-refractivity contribution in [1.82, 2.24) is 19.8 Å². The molecule has 2 heterocycles. The van der Waals surface area contributed by atoms with Crippen LogP contribution in [0.2, 0.25) is 0 Å². The maximum absolute atomic E-state index is 13.2. The fourth-order valence-corrected chi connectivity index (χ4v) is 3.55. The Balaban J connectivity index is 0.00000300. The van der Waals surface area contributed by atoms with Crippen molar-refractivity contribution in [3.8, 4) is 0 Å². The molecule has 3 rings (SSSR count). The summed E-state index contributed by atoms with van der Waals surface area (Å²) in [7, 11) is 1.94. The summed E-state index contributed by atoms with van der Waals surface area (Å²) in [5, 5.41) is 6.29. The van der Waals surface area contributed by atoms with Crippen LogP contribution in [0.4, 0.5) is 5.69 Å². The first-order valence-corrected chi connectivity index (χ1v) is 9.76. The van der Waals surface area contributed by atoms with E-state index in [9.17, 15) is 9.59 Å². The molecule has 0 saturated carbocycles. The summed E-state index contributed by atoms with van der Waals surface area (Å²) in [5.41, 5.74) is 2.26. The Morgan fingerprint density at radius 2 is 2.10 bits per heavy atom. The van der Waals surface area contributed by atoms with E-state index in [4.69, 9.17) is 0 Å². The van der Waals surface area contributed by atoms with E-state index in [-0.39, 0.29) is 30.3 Å². The van der Waals surface area contributed by atoms with E-state index >= 15 is 0 Å². The Bertz CT molecular complexity index is 865. The van der Waals surface area contributed by atoms with Crippen molar-refractivity contribution in [3.63, 3.8) is 0 Å². The monoisotopic (exact) mass is 419 g/mol. The van der Waals surface area contributed by atoms with Crippen LogP contribution in [0.3, 0.4) is 0 Å². The van der Waals surface area contributed by atoms with Crippen LogP contribution < -0.4 is 10.6 Å². The van der Waals surface area contributed by atoms with Crippen LogP contribution in [-0.4, -0.2) is 45.9 Å². The van der Waals surface area contributed by atoms with Gasteiger partial charge < -0.3 is 20.1 Å². The predicted octanol–water partition coefficient (Wildman–Crippen LogP) is 2.92. The number of amides is 2. The molecule has 2 amide bonds. The second-order valence-corrected chi connectivity index (χ2v) is 7.79. The second kappa shape index (κ2) is 9.89. The molecule has 0 bridgehead atoms. The number of rotatable bonds is 5. The van der Waals surface area contributed by atoms with E-state index in [0.717, 1.165) is 23.6 Å². The van der Waals surface area contributed by atoms with E-state index in [1.54, 1.807) is 12.3 Å². The molecule has 1 aliphatic heterocycles. The van der Waals surface area contributed by atoms with Gasteiger partial charge in [-0.15, -0.1) is 12.4 Å². The molecule has 2 aromatic rings. The molecule has 1 fully saturated rings.